The third-order valence-corrected chi connectivity index (χ3v) is 2.31. The van der Waals surface area contributed by atoms with Crippen LogP contribution in [0.4, 0.5) is 0 Å². The molecule has 1 aliphatic heterocycles. The fraction of sp³-hybridized carbons (Fsp3) is 0.778. The molecule has 5 heteroatoms. The Morgan fingerprint density at radius 2 is 1.86 bits per heavy atom. The van der Waals surface area contributed by atoms with Gasteiger partial charge in [-0.05, 0) is 19.5 Å². The van der Waals surface area contributed by atoms with Crippen molar-refractivity contribution in [3.05, 3.63) is 0 Å². The molecule has 1 unspecified atom stereocenters. The van der Waals surface area contributed by atoms with Crippen LogP contribution in [-0.2, 0) is 9.59 Å². The molecule has 0 aromatic heterocycles. The van der Waals surface area contributed by atoms with Gasteiger partial charge in [0.25, 0.3) is 0 Å². The summed E-state index contributed by atoms with van der Waals surface area (Å²) in [6.45, 7) is 3.51. The maximum absolute atomic E-state index is 11.5. The monoisotopic (exact) mass is 199 g/mol. The van der Waals surface area contributed by atoms with Gasteiger partial charge < -0.3 is 5.73 Å². The highest BCUT2D eigenvalue weighted by Gasteiger charge is 2.29. The molecule has 0 aliphatic carbocycles. The van der Waals surface area contributed by atoms with Crippen LogP contribution in [0.25, 0.3) is 0 Å². The van der Waals surface area contributed by atoms with Crippen molar-refractivity contribution in [2.75, 3.05) is 33.2 Å². The first kappa shape index (κ1) is 11.1. The van der Waals surface area contributed by atoms with E-state index in [-0.39, 0.29) is 17.7 Å². The van der Waals surface area contributed by atoms with Gasteiger partial charge in [-0.1, -0.05) is 6.92 Å². The minimum Gasteiger partial charge on any atom is -0.330 e. The number of nitrogens with zero attached hydrogens (tertiary/aromatic N) is 2. The average Bonchev–Trinajstić information content (AvgIpc) is 2.10. The Balaban J connectivity index is 2.59. The van der Waals surface area contributed by atoms with Crippen LogP contribution < -0.4 is 5.73 Å². The van der Waals surface area contributed by atoms with Crippen molar-refractivity contribution in [3.63, 3.8) is 0 Å². The second-order valence-electron chi connectivity index (χ2n) is 3.91. The summed E-state index contributed by atoms with van der Waals surface area (Å²) in [5.41, 5.74) is 5.45. The minimum atomic E-state index is -0.121. The van der Waals surface area contributed by atoms with Crippen molar-refractivity contribution in [3.8, 4) is 0 Å². The number of rotatable bonds is 3. The summed E-state index contributed by atoms with van der Waals surface area (Å²) in [4.78, 5) is 26.0. The Morgan fingerprint density at radius 1 is 1.36 bits per heavy atom. The quantitative estimate of drug-likeness (QED) is 0.585. The van der Waals surface area contributed by atoms with Gasteiger partial charge >= 0.3 is 0 Å². The standard InChI is InChI=1S/C9H17N3O2/c1-7(3-10)4-12-8(13)5-11(2)6-9(12)14/h7H,3-6,10H2,1-2H3. The van der Waals surface area contributed by atoms with Crippen LogP contribution in [0.1, 0.15) is 6.92 Å². The molecular weight excluding hydrogens is 182 g/mol. The SMILES string of the molecule is CC(CN)CN1C(=O)CN(C)CC1=O. The molecule has 0 radical (unpaired) electrons. The van der Waals surface area contributed by atoms with E-state index in [1.54, 1.807) is 11.9 Å². The van der Waals surface area contributed by atoms with Crippen molar-refractivity contribution < 1.29 is 9.59 Å². The van der Waals surface area contributed by atoms with Crippen molar-refractivity contribution >= 4 is 11.8 Å². The van der Waals surface area contributed by atoms with Gasteiger partial charge in [-0.2, -0.15) is 0 Å². The van der Waals surface area contributed by atoms with Gasteiger partial charge in [0.1, 0.15) is 0 Å². The Kier molecular flexibility index (Phi) is 3.60. The first-order valence-corrected chi connectivity index (χ1v) is 4.76. The van der Waals surface area contributed by atoms with E-state index < -0.39 is 0 Å². The molecule has 1 saturated heterocycles. The highest BCUT2D eigenvalue weighted by Crippen LogP contribution is 2.06. The molecule has 14 heavy (non-hydrogen) atoms. The second kappa shape index (κ2) is 4.52. The van der Waals surface area contributed by atoms with Crippen LogP contribution in [0.15, 0.2) is 0 Å². The summed E-state index contributed by atoms with van der Waals surface area (Å²) >= 11 is 0. The molecule has 5 nitrogen and oxygen atoms in total. The lowest BCUT2D eigenvalue weighted by molar-refractivity contribution is -0.151. The number of carbonyl (C=O) groups is 2. The predicted molar refractivity (Wildman–Crippen MR) is 52.4 cm³/mol. The zero-order chi connectivity index (χ0) is 10.7. The molecule has 80 valence electrons. The molecule has 0 saturated carbocycles. The lowest BCUT2D eigenvalue weighted by atomic mass is 10.1. The number of hydrogen-bond donors (Lipinski definition) is 1. The van der Waals surface area contributed by atoms with Crippen molar-refractivity contribution in [1.82, 2.24) is 9.80 Å². The fourth-order valence-electron chi connectivity index (χ4n) is 1.42. The Morgan fingerprint density at radius 3 is 2.29 bits per heavy atom. The molecule has 1 fully saturated rings. The fourth-order valence-corrected chi connectivity index (χ4v) is 1.42. The lowest BCUT2D eigenvalue weighted by Gasteiger charge is -2.31. The topological polar surface area (TPSA) is 66.6 Å². The number of nitrogens with two attached hydrogens (primary N) is 1. The molecular formula is C9H17N3O2. The maximum atomic E-state index is 11.5. The first-order chi connectivity index (χ1) is 6.54. The van der Waals surface area contributed by atoms with Crippen LogP contribution in [0.2, 0.25) is 0 Å². The molecule has 2 amide bonds. The molecule has 0 aromatic carbocycles. The smallest absolute Gasteiger partial charge is 0.243 e. The van der Waals surface area contributed by atoms with Crippen LogP contribution in [0.5, 0.6) is 0 Å². The summed E-state index contributed by atoms with van der Waals surface area (Å²) in [7, 11) is 1.76. The van der Waals surface area contributed by atoms with Crippen molar-refractivity contribution in [2.24, 2.45) is 11.7 Å². The summed E-state index contributed by atoms with van der Waals surface area (Å²) in [5, 5.41) is 0. The van der Waals surface area contributed by atoms with E-state index in [2.05, 4.69) is 0 Å². The van der Waals surface area contributed by atoms with Gasteiger partial charge in [0.2, 0.25) is 11.8 Å². The lowest BCUT2D eigenvalue weighted by Crippen LogP contribution is -2.54. The van der Waals surface area contributed by atoms with Crippen molar-refractivity contribution in [1.29, 1.82) is 0 Å². The minimum absolute atomic E-state index is 0.121. The zero-order valence-electron chi connectivity index (χ0n) is 8.69. The Labute approximate surface area is 83.8 Å². The Hall–Kier alpha value is -0.940. The third-order valence-electron chi connectivity index (χ3n) is 2.31. The Bertz CT molecular complexity index is 224. The van der Waals surface area contributed by atoms with Gasteiger partial charge in [0.15, 0.2) is 0 Å². The van der Waals surface area contributed by atoms with E-state index in [4.69, 9.17) is 5.73 Å². The molecule has 1 heterocycles. The van der Waals surface area contributed by atoms with Crippen molar-refractivity contribution in [2.45, 2.75) is 6.92 Å². The molecule has 2 N–H and O–H groups in total. The predicted octanol–water partition coefficient (Wildman–Crippen LogP) is -1.12. The molecule has 0 aromatic rings. The first-order valence-electron chi connectivity index (χ1n) is 4.76. The molecule has 0 bridgehead atoms. The maximum Gasteiger partial charge on any atom is 0.243 e. The largest absolute Gasteiger partial charge is 0.330 e. The van der Waals surface area contributed by atoms with E-state index in [1.165, 1.54) is 4.90 Å². The van der Waals surface area contributed by atoms with E-state index in [9.17, 15) is 9.59 Å². The van der Waals surface area contributed by atoms with E-state index in [0.717, 1.165) is 0 Å². The van der Waals surface area contributed by atoms with Gasteiger partial charge in [-0.25, -0.2) is 0 Å². The normalized spacial score (nSPS) is 21.5. The van der Waals surface area contributed by atoms with Crippen LogP contribution in [-0.4, -0.2) is 54.8 Å². The number of amides is 2. The van der Waals surface area contributed by atoms with Gasteiger partial charge in [0, 0.05) is 6.54 Å². The summed E-state index contributed by atoms with van der Waals surface area (Å²) in [6.07, 6.45) is 0. The van der Waals surface area contributed by atoms with E-state index in [0.29, 0.717) is 26.2 Å². The summed E-state index contributed by atoms with van der Waals surface area (Å²) in [5.74, 6) is -0.0700. The summed E-state index contributed by atoms with van der Waals surface area (Å²) < 4.78 is 0. The van der Waals surface area contributed by atoms with Gasteiger partial charge in [-0.3, -0.25) is 19.4 Å². The molecule has 1 rings (SSSR count). The highest BCUT2D eigenvalue weighted by atomic mass is 16.2. The molecule has 0 spiro atoms. The number of imide groups is 1. The number of likely N-dealkylation sites (N-methyl/N-ethyl adjacent to an activating group) is 1. The van der Waals surface area contributed by atoms with Gasteiger partial charge in [-0.15, -0.1) is 0 Å². The summed E-state index contributed by atoms with van der Waals surface area (Å²) in [6, 6.07) is 0. The van der Waals surface area contributed by atoms with E-state index >= 15 is 0 Å². The van der Waals surface area contributed by atoms with Crippen LogP contribution in [0.3, 0.4) is 0 Å². The second-order valence-corrected chi connectivity index (χ2v) is 3.91. The average molecular weight is 199 g/mol. The molecule has 1 aliphatic rings. The number of carbonyl (C=O) groups excluding carboxylic acids is 2. The number of piperazine rings is 1. The zero-order valence-corrected chi connectivity index (χ0v) is 8.69. The van der Waals surface area contributed by atoms with E-state index in [1.807, 2.05) is 6.92 Å². The van der Waals surface area contributed by atoms with Crippen LogP contribution >= 0.6 is 0 Å². The van der Waals surface area contributed by atoms with Crippen LogP contribution in [0, 0.1) is 5.92 Å². The van der Waals surface area contributed by atoms with Gasteiger partial charge in [0.05, 0.1) is 13.1 Å². The third kappa shape index (κ3) is 2.52. The highest BCUT2D eigenvalue weighted by molar-refractivity contribution is 5.99. The number of hydrogen-bond acceptors (Lipinski definition) is 4. The molecule has 1 atom stereocenters.